The lowest BCUT2D eigenvalue weighted by molar-refractivity contribution is 0.102. The molecule has 10 heteroatoms. The van der Waals surface area contributed by atoms with E-state index in [-0.39, 0.29) is 18.6 Å². The summed E-state index contributed by atoms with van der Waals surface area (Å²) in [5, 5.41) is 26.9. The molecule has 10 nitrogen and oxygen atoms in total. The van der Waals surface area contributed by atoms with Crippen molar-refractivity contribution in [3.63, 3.8) is 0 Å². The van der Waals surface area contributed by atoms with Crippen molar-refractivity contribution in [3.05, 3.63) is 47.3 Å². The molecule has 0 spiro atoms. The van der Waals surface area contributed by atoms with Gasteiger partial charge in [-0.15, -0.1) is 5.10 Å². The molecule has 0 fully saturated rings. The molecule has 0 aliphatic carbocycles. The van der Waals surface area contributed by atoms with E-state index in [4.69, 9.17) is 0 Å². The zero-order valence-corrected chi connectivity index (χ0v) is 15.3. The Bertz CT molecular complexity index is 1000. The molecule has 1 amide bonds. The zero-order chi connectivity index (χ0) is 19.5. The monoisotopic (exact) mass is 380 g/mol. The van der Waals surface area contributed by atoms with Crippen molar-refractivity contribution in [3.8, 4) is 11.5 Å². The van der Waals surface area contributed by atoms with Gasteiger partial charge < -0.3 is 15.7 Å². The van der Waals surface area contributed by atoms with E-state index in [1.54, 1.807) is 31.3 Å². The summed E-state index contributed by atoms with van der Waals surface area (Å²) in [6.45, 7) is 3.35. The van der Waals surface area contributed by atoms with Gasteiger partial charge in [-0.25, -0.2) is 9.67 Å². The van der Waals surface area contributed by atoms with Gasteiger partial charge in [-0.3, -0.25) is 9.78 Å². The van der Waals surface area contributed by atoms with Crippen LogP contribution in [0.4, 0.5) is 5.82 Å². The number of rotatable bonds is 5. The van der Waals surface area contributed by atoms with Crippen LogP contribution in [0.15, 0.2) is 30.5 Å². The second kappa shape index (κ2) is 7.79. The Balaban J connectivity index is 1.56. The van der Waals surface area contributed by atoms with E-state index in [1.807, 2.05) is 6.07 Å². The van der Waals surface area contributed by atoms with Gasteiger partial charge in [-0.05, 0) is 59.6 Å². The van der Waals surface area contributed by atoms with E-state index in [0.29, 0.717) is 23.0 Å². The third-order valence-corrected chi connectivity index (χ3v) is 4.60. The third kappa shape index (κ3) is 3.59. The summed E-state index contributed by atoms with van der Waals surface area (Å²) in [6.07, 6.45) is 2.67. The number of aliphatic hydroxyl groups excluding tert-OH is 1. The second-order valence-electron chi connectivity index (χ2n) is 6.61. The molecule has 0 aromatic carbocycles. The Morgan fingerprint density at radius 2 is 2.29 bits per heavy atom. The van der Waals surface area contributed by atoms with E-state index in [1.165, 1.54) is 10.2 Å². The summed E-state index contributed by atoms with van der Waals surface area (Å²) in [4.78, 5) is 21.3. The van der Waals surface area contributed by atoms with Crippen LogP contribution >= 0.6 is 0 Å². The van der Waals surface area contributed by atoms with Gasteiger partial charge in [0.15, 0.2) is 0 Å². The average Bonchev–Trinajstić information content (AvgIpc) is 3.23. The van der Waals surface area contributed by atoms with E-state index in [9.17, 15) is 9.90 Å². The number of fused-ring (bicyclic) bond motifs is 1. The first kappa shape index (κ1) is 18.1. The van der Waals surface area contributed by atoms with Gasteiger partial charge in [0.1, 0.15) is 17.2 Å². The normalized spacial score (nSPS) is 14.4. The highest BCUT2D eigenvalue weighted by Gasteiger charge is 2.17. The Morgan fingerprint density at radius 1 is 1.39 bits per heavy atom. The number of aromatic nitrogens is 6. The van der Waals surface area contributed by atoms with E-state index >= 15 is 0 Å². The van der Waals surface area contributed by atoms with Crippen LogP contribution in [-0.4, -0.2) is 54.3 Å². The molecule has 3 aromatic heterocycles. The molecule has 3 N–H and O–H groups in total. The summed E-state index contributed by atoms with van der Waals surface area (Å²) in [7, 11) is 0. The zero-order valence-electron chi connectivity index (χ0n) is 15.3. The Morgan fingerprint density at radius 3 is 3.14 bits per heavy atom. The number of hydrogen-bond donors (Lipinski definition) is 3. The summed E-state index contributed by atoms with van der Waals surface area (Å²) in [5.41, 5.74) is 3.09. The summed E-state index contributed by atoms with van der Waals surface area (Å²) >= 11 is 0. The van der Waals surface area contributed by atoms with Gasteiger partial charge in [0.2, 0.25) is 5.82 Å². The molecule has 4 heterocycles. The second-order valence-corrected chi connectivity index (χ2v) is 6.61. The number of carbonyl (C=O) groups is 1. The van der Waals surface area contributed by atoms with Crippen molar-refractivity contribution in [2.24, 2.45) is 0 Å². The van der Waals surface area contributed by atoms with E-state index in [0.717, 1.165) is 25.1 Å². The van der Waals surface area contributed by atoms with Crippen molar-refractivity contribution in [1.29, 1.82) is 0 Å². The maximum Gasteiger partial charge on any atom is 0.275 e. The molecule has 28 heavy (non-hydrogen) atoms. The summed E-state index contributed by atoms with van der Waals surface area (Å²) in [5.74, 6) is 0.448. The number of amides is 1. The highest BCUT2D eigenvalue weighted by molar-refractivity contribution is 6.02. The predicted octanol–water partition coefficient (Wildman–Crippen LogP) is 0.581. The molecule has 3 aromatic rings. The Kier molecular flexibility index (Phi) is 5.04. The van der Waals surface area contributed by atoms with Crippen LogP contribution < -0.4 is 10.6 Å². The lowest BCUT2D eigenvalue weighted by atomic mass is 10.0. The fraction of sp³-hybridized carbons (Fsp3) is 0.333. The van der Waals surface area contributed by atoms with Crippen molar-refractivity contribution in [2.75, 3.05) is 18.5 Å². The third-order valence-electron chi connectivity index (χ3n) is 4.60. The lowest BCUT2D eigenvalue weighted by Gasteiger charge is -2.17. The van der Waals surface area contributed by atoms with Gasteiger partial charge in [0.05, 0.1) is 12.6 Å². The van der Waals surface area contributed by atoms with Crippen LogP contribution in [0.2, 0.25) is 0 Å². The molecule has 0 saturated heterocycles. The first-order valence-corrected chi connectivity index (χ1v) is 9.01. The first-order chi connectivity index (χ1) is 13.7. The number of pyridine rings is 2. The quantitative estimate of drug-likeness (QED) is 0.586. The fourth-order valence-electron chi connectivity index (χ4n) is 3.03. The summed E-state index contributed by atoms with van der Waals surface area (Å²) in [6, 6.07) is 6.70. The number of hydrogen-bond acceptors (Lipinski definition) is 8. The minimum Gasteiger partial charge on any atom is -0.394 e. The molecule has 1 unspecified atom stereocenters. The minimum atomic E-state index is -0.332. The number of aliphatic hydroxyl groups is 1. The Labute approximate surface area is 161 Å². The van der Waals surface area contributed by atoms with Crippen LogP contribution in [0.3, 0.4) is 0 Å². The molecule has 144 valence electrons. The fourth-order valence-corrected chi connectivity index (χ4v) is 3.03. The number of nitrogens with zero attached hydrogens (tertiary/aromatic N) is 6. The van der Waals surface area contributed by atoms with E-state index in [2.05, 4.69) is 36.1 Å². The van der Waals surface area contributed by atoms with Gasteiger partial charge >= 0.3 is 0 Å². The molecule has 0 radical (unpaired) electrons. The molecular formula is C18H20N8O2. The van der Waals surface area contributed by atoms with Gasteiger partial charge in [0.25, 0.3) is 5.91 Å². The van der Waals surface area contributed by atoms with Crippen molar-refractivity contribution in [2.45, 2.75) is 25.9 Å². The number of anilines is 1. The van der Waals surface area contributed by atoms with Crippen LogP contribution in [-0.2, 0) is 13.0 Å². The molecule has 4 rings (SSSR count). The number of tetrazole rings is 1. The van der Waals surface area contributed by atoms with Crippen LogP contribution in [0.1, 0.15) is 34.6 Å². The van der Waals surface area contributed by atoms with Crippen LogP contribution in [0.25, 0.3) is 11.5 Å². The standard InChI is InChI=1S/C18H20N8O2/c1-11(10-27)26-17(23-24-25-26)14-3-2-4-16(21-14)22-18(28)15-7-13-8-19-6-5-12(13)9-20-15/h2-4,7,9,11,19,27H,5-6,8,10H2,1H3,(H,21,22,28). The lowest BCUT2D eigenvalue weighted by Crippen LogP contribution is -2.25. The molecule has 0 bridgehead atoms. The average molecular weight is 380 g/mol. The predicted molar refractivity (Wildman–Crippen MR) is 100 cm³/mol. The SMILES string of the molecule is CC(CO)n1nnnc1-c1cccc(NC(=O)c2cc3c(cn2)CCNC3)n1. The molecule has 0 saturated carbocycles. The number of nitrogens with one attached hydrogen (secondary N) is 2. The topological polar surface area (TPSA) is 131 Å². The molecule has 1 atom stereocenters. The van der Waals surface area contributed by atoms with Gasteiger partial charge in [0, 0.05) is 12.7 Å². The smallest absolute Gasteiger partial charge is 0.275 e. The molecular weight excluding hydrogens is 360 g/mol. The Hall–Kier alpha value is -3.24. The highest BCUT2D eigenvalue weighted by Crippen LogP contribution is 2.19. The van der Waals surface area contributed by atoms with Gasteiger partial charge in [-0.1, -0.05) is 6.07 Å². The van der Waals surface area contributed by atoms with Crippen LogP contribution in [0, 0.1) is 0 Å². The van der Waals surface area contributed by atoms with Crippen LogP contribution in [0.5, 0.6) is 0 Å². The van der Waals surface area contributed by atoms with Crippen molar-refractivity contribution < 1.29 is 9.90 Å². The first-order valence-electron chi connectivity index (χ1n) is 9.01. The maximum absolute atomic E-state index is 12.6. The largest absolute Gasteiger partial charge is 0.394 e. The van der Waals surface area contributed by atoms with E-state index < -0.39 is 0 Å². The molecule has 1 aliphatic heterocycles. The van der Waals surface area contributed by atoms with Gasteiger partial charge in [-0.2, -0.15) is 0 Å². The van der Waals surface area contributed by atoms with Crippen molar-refractivity contribution in [1.82, 2.24) is 35.5 Å². The van der Waals surface area contributed by atoms with Crippen molar-refractivity contribution >= 4 is 11.7 Å². The molecule has 1 aliphatic rings. The minimum absolute atomic E-state index is 0.104. The highest BCUT2D eigenvalue weighted by atomic mass is 16.3. The number of carbonyl (C=O) groups excluding carboxylic acids is 1. The summed E-state index contributed by atoms with van der Waals surface area (Å²) < 4.78 is 1.49. The maximum atomic E-state index is 12.6.